The summed E-state index contributed by atoms with van der Waals surface area (Å²) < 4.78 is 29.7. The number of aromatic nitrogens is 2. The molecule has 0 aromatic carbocycles. The summed E-state index contributed by atoms with van der Waals surface area (Å²) in [6.45, 7) is 1.75. The Kier molecular flexibility index (Phi) is 3.88. The molecule has 0 aliphatic carbocycles. The first-order valence-corrected chi connectivity index (χ1v) is 7.70. The summed E-state index contributed by atoms with van der Waals surface area (Å²) in [5, 5.41) is 10.7. The van der Waals surface area contributed by atoms with E-state index in [9.17, 15) is 13.2 Å². The fourth-order valence-electron chi connectivity index (χ4n) is 1.27. The van der Waals surface area contributed by atoms with Gasteiger partial charge in [-0.1, -0.05) is 11.3 Å². The topological polar surface area (TPSA) is 105 Å². The number of rotatable bonds is 4. The third-order valence-electron chi connectivity index (χ3n) is 2.29. The molecule has 8 nitrogen and oxygen atoms in total. The number of nitrogens with one attached hydrogen (secondary N) is 1. The minimum absolute atomic E-state index is 0.113. The zero-order valence-electron chi connectivity index (χ0n) is 10.9. The Morgan fingerprint density at radius 2 is 2.05 bits per heavy atom. The Balaban J connectivity index is 2.19. The molecule has 2 aromatic rings. The first-order chi connectivity index (χ1) is 9.30. The van der Waals surface area contributed by atoms with Crippen molar-refractivity contribution in [3.05, 3.63) is 22.9 Å². The van der Waals surface area contributed by atoms with Crippen LogP contribution in [-0.2, 0) is 10.0 Å². The van der Waals surface area contributed by atoms with Gasteiger partial charge in [0.05, 0.1) is 0 Å². The Morgan fingerprint density at radius 3 is 2.60 bits per heavy atom. The van der Waals surface area contributed by atoms with Crippen LogP contribution in [0.25, 0.3) is 0 Å². The molecule has 0 bridgehead atoms. The number of anilines is 1. The summed E-state index contributed by atoms with van der Waals surface area (Å²) in [7, 11) is -0.944. The van der Waals surface area contributed by atoms with E-state index >= 15 is 0 Å². The van der Waals surface area contributed by atoms with E-state index in [4.69, 9.17) is 4.42 Å². The zero-order chi connectivity index (χ0) is 14.9. The van der Waals surface area contributed by atoms with E-state index in [0.717, 1.165) is 4.31 Å². The molecular weight excluding hydrogens is 304 g/mol. The second-order valence-electron chi connectivity index (χ2n) is 3.99. The van der Waals surface area contributed by atoms with Crippen LogP contribution in [0, 0.1) is 6.92 Å². The highest BCUT2D eigenvalue weighted by Gasteiger charge is 2.23. The van der Waals surface area contributed by atoms with Gasteiger partial charge in [0.15, 0.2) is 5.76 Å². The van der Waals surface area contributed by atoms with Gasteiger partial charge in [0.1, 0.15) is 5.01 Å². The smallest absolute Gasteiger partial charge is 0.293 e. The average molecular weight is 316 g/mol. The standard InChI is InChI=1S/C10H12N4O4S2/c1-6-12-13-10(19-6)11-9(15)7-4-5-8(18-7)20(16,17)14(2)3/h4-5H,1-3H3,(H,11,13,15). The van der Waals surface area contributed by atoms with Gasteiger partial charge in [-0.2, -0.15) is 0 Å². The van der Waals surface area contributed by atoms with E-state index in [1.807, 2.05) is 0 Å². The molecule has 2 aromatic heterocycles. The lowest BCUT2D eigenvalue weighted by atomic mass is 10.4. The normalized spacial score (nSPS) is 11.8. The predicted molar refractivity (Wildman–Crippen MR) is 72.2 cm³/mol. The Morgan fingerprint density at radius 1 is 1.35 bits per heavy atom. The largest absolute Gasteiger partial charge is 0.438 e. The number of aryl methyl sites for hydroxylation is 1. The minimum Gasteiger partial charge on any atom is -0.438 e. The number of carbonyl (C=O) groups excluding carboxylic acids is 1. The molecule has 10 heteroatoms. The lowest BCUT2D eigenvalue weighted by molar-refractivity contribution is 0.0991. The quantitative estimate of drug-likeness (QED) is 0.900. The summed E-state index contributed by atoms with van der Waals surface area (Å²) >= 11 is 1.21. The second-order valence-corrected chi connectivity index (χ2v) is 7.25. The molecule has 0 fully saturated rings. The highest BCUT2D eigenvalue weighted by molar-refractivity contribution is 7.88. The van der Waals surface area contributed by atoms with Gasteiger partial charge in [0.2, 0.25) is 10.2 Å². The monoisotopic (exact) mass is 316 g/mol. The Hall–Kier alpha value is -1.78. The van der Waals surface area contributed by atoms with Gasteiger partial charge in [-0.15, -0.1) is 10.2 Å². The van der Waals surface area contributed by atoms with Gasteiger partial charge in [-0.05, 0) is 19.1 Å². The molecule has 0 atom stereocenters. The molecule has 0 saturated heterocycles. The fraction of sp³-hybridized carbons (Fsp3) is 0.300. The van der Waals surface area contributed by atoms with Gasteiger partial charge in [-0.25, -0.2) is 12.7 Å². The number of hydrogen-bond donors (Lipinski definition) is 1. The molecular formula is C10H12N4O4S2. The van der Waals surface area contributed by atoms with Crippen molar-refractivity contribution in [3.8, 4) is 0 Å². The molecule has 0 aliphatic rings. The van der Waals surface area contributed by atoms with Crippen LogP contribution in [0.2, 0.25) is 0 Å². The molecule has 0 saturated carbocycles. The number of amides is 1. The van der Waals surface area contributed by atoms with E-state index < -0.39 is 15.9 Å². The zero-order valence-corrected chi connectivity index (χ0v) is 12.6. The number of sulfonamides is 1. The molecule has 1 N–H and O–H groups in total. The molecule has 1 amide bonds. The number of furan rings is 1. The molecule has 0 spiro atoms. The second kappa shape index (κ2) is 5.31. The molecule has 2 rings (SSSR count). The van der Waals surface area contributed by atoms with E-state index in [1.165, 1.54) is 37.6 Å². The van der Waals surface area contributed by atoms with Crippen LogP contribution in [0.5, 0.6) is 0 Å². The number of hydrogen-bond acceptors (Lipinski definition) is 7. The van der Waals surface area contributed by atoms with Crippen molar-refractivity contribution in [1.29, 1.82) is 0 Å². The van der Waals surface area contributed by atoms with Gasteiger partial charge in [0.25, 0.3) is 15.9 Å². The molecule has 20 heavy (non-hydrogen) atoms. The number of carbonyl (C=O) groups is 1. The van der Waals surface area contributed by atoms with Gasteiger partial charge < -0.3 is 4.42 Å². The summed E-state index contributed by atoms with van der Waals surface area (Å²) in [5.74, 6) is -0.695. The Bertz CT molecular complexity index is 732. The maximum absolute atomic E-state index is 11.9. The summed E-state index contributed by atoms with van der Waals surface area (Å²) in [5.41, 5.74) is 0. The maximum atomic E-state index is 11.9. The van der Waals surface area contributed by atoms with Gasteiger partial charge in [0, 0.05) is 14.1 Å². The van der Waals surface area contributed by atoms with Crippen LogP contribution < -0.4 is 5.32 Å². The lowest BCUT2D eigenvalue weighted by Crippen LogP contribution is -2.21. The summed E-state index contributed by atoms with van der Waals surface area (Å²) in [6, 6.07) is 2.52. The predicted octanol–water partition coefficient (Wildman–Crippen LogP) is 0.942. The molecule has 0 aliphatic heterocycles. The van der Waals surface area contributed by atoms with Crippen LogP contribution in [0.15, 0.2) is 21.6 Å². The van der Waals surface area contributed by atoms with Crippen molar-refractivity contribution in [3.63, 3.8) is 0 Å². The van der Waals surface area contributed by atoms with E-state index in [0.29, 0.717) is 10.1 Å². The highest BCUT2D eigenvalue weighted by Crippen LogP contribution is 2.19. The fourth-order valence-corrected chi connectivity index (χ4v) is 2.65. The van der Waals surface area contributed by atoms with Crippen molar-refractivity contribution in [2.24, 2.45) is 0 Å². The van der Waals surface area contributed by atoms with Crippen LogP contribution in [-0.4, -0.2) is 42.9 Å². The van der Waals surface area contributed by atoms with Gasteiger partial charge in [-0.3, -0.25) is 10.1 Å². The number of nitrogens with zero attached hydrogens (tertiary/aromatic N) is 3. The van der Waals surface area contributed by atoms with E-state index in [1.54, 1.807) is 6.92 Å². The van der Waals surface area contributed by atoms with Crippen LogP contribution in [0.1, 0.15) is 15.6 Å². The van der Waals surface area contributed by atoms with Crippen LogP contribution >= 0.6 is 11.3 Å². The Labute approximate surface area is 119 Å². The van der Waals surface area contributed by atoms with Crippen molar-refractivity contribution in [2.45, 2.75) is 12.0 Å². The molecule has 108 valence electrons. The third-order valence-corrected chi connectivity index (χ3v) is 4.73. The van der Waals surface area contributed by atoms with E-state index in [2.05, 4.69) is 15.5 Å². The third kappa shape index (κ3) is 2.86. The van der Waals surface area contributed by atoms with Crippen molar-refractivity contribution in [1.82, 2.24) is 14.5 Å². The summed E-state index contributed by atoms with van der Waals surface area (Å²) in [6.07, 6.45) is 0. The van der Waals surface area contributed by atoms with E-state index in [-0.39, 0.29) is 10.9 Å². The first-order valence-electron chi connectivity index (χ1n) is 5.44. The highest BCUT2D eigenvalue weighted by atomic mass is 32.2. The molecule has 0 unspecified atom stereocenters. The molecule has 0 radical (unpaired) electrons. The first kappa shape index (κ1) is 14.6. The van der Waals surface area contributed by atoms with Gasteiger partial charge >= 0.3 is 0 Å². The minimum atomic E-state index is -3.70. The van der Waals surface area contributed by atoms with Crippen molar-refractivity contribution in [2.75, 3.05) is 19.4 Å². The van der Waals surface area contributed by atoms with Crippen LogP contribution in [0.3, 0.4) is 0 Å². The van der Waals surface area contributed by atoms with Crippen molar-refractivity contribution < 1.29 is 17.6 Å². The maximum Gasteiger partial charge on any atom is 0.293 e. The SMILES string of the molecule is Cc1nnc(NC(=O)c2ccc(S(=O)(=O)N(C)C)o2)s1. The van der Waals surface area contributed by atoms with Crippen LogP contribution in [0.4, 0.5) is 5.13 Å². The van der Waals surface area contributed by atoms with Crippen molar-refractivity contribution >= 4 is 32.4 Å². The molecule has 2 heterocycles. The summed E-state index contributed by atoms with van der Waals surface area (Å²) in [4.78, 5) is 11.9. The average Bonchev–Trinajstić information content (AvgIpc) is 2.98. The lowest BCUT2D eigenvalue weighted by Gasteiger charge is -2.07.